The number of aliphatic hydroxyl groups is 1. The van der Waals surface area contributed by atoms with Gasteiger partial charge in [-0.25, -0.2) is 0 Å². The average molecular weight is 253 g/mol. The number of nitrogens with one attached hydrogen (secondary N) is 1. The van der Waals surface area contributed by atoms with Crippen LogP contribution in [0.2, 0.25) is 0 Å². The lowest BCUT2D eigenvalue weighted by molar-refractivity contribution is -0.115. The second-order valence-electron chi connectivity index (χ2n) is 4.91. The van der Waals surface area contributed by atoms with E-state index in [0.29, 0.717) is 6.42 Å². The molecule has 2 N–H and O–H groups in total. The second kappa shape index (κ2) is 4.52. The van der Waals surface area contributed by atoms with Crippen LogP contribution in [0.3, 0.4) is 0 Å². The molecule has 0 aliphatic carbocycles. The molecule has 0 saturated heterocycles. The van der Waals surface area contributed by atoms with Gasteiger partial charge in [0.25, 0.3) is 0 Å². The van der Waals surface area contributed by atoms with Crippen LogP contribution in [0.15, 0.2) is 42.5 Å². The van der Waals surface area contributed by atoms with E-state index in [4.69, 9.17) is 0 Å². The van der Waals surface area contributed by atoms with Crippen molar-refractivity contribution >= 4 is 11.6 Å². The molecule has 1 heterocycles. The zero-order chi connectivity index (χ0) is 13.4. The Balaban J connectivity index is 2.01. The van der Waals surface area contributed by atoms with E-state index in [-0.39, 0.29) is 5.91 Å². The molecule has 1 amide bonds. The third kappa shape index (κ3) is 2.13. The fraction of sp³-hybridized carbons (Fsp3) is 0.188. The van der Waals surface area contributed by atoms with E-state index in [0.717, 1.165) is 27.9 Å². The van der Waals surface area contributed by atoms with Gasteiger partial charge in [-0.2, -0.15) is 0 Å². The average Bonchev–Trinajstić information content (AvgIpc) is 2.80. The molecule has 0 spiro atoms. The monoisotopic (exact) mass is 253 g/mol. The molecular formula is C16H15NO2. The zero-order valence-corrected chi connectivity index (χ0v) is 10.7. The maximum absolute atomic E-state index is 11.4. The molecule has 0 aromatic heterocycles. The minimum atomic E-state index is -0.652. The van der Waals surface area contributed by atoms with Gasteiger partial charge in [0.2, 0.25) is 5.91 Å². The summed E-state index contributed by atoms with van der Waals surface area (Å²) in [6.07, 6.45) is -0.258. The summed E-state index contributed by atoms with van der Waals surface area (Å²) in [5.41, 5.74) is 4.55. The number of rotatable bonds is 2. The van der Waals surface area contributed by atoms with E-state index >= 15 is 0 Å². The number of hydrogen-bond acceptors (Lipinski definition) is 2. The quantitative estimate of drug-likeness (QED) is 0.864. The fourth-order valence-electron chi connectivity index (χ4n) is 2.55. The molecule has 3 heteroatoms. The fourth-order valence-corrected chi connectivity index (χ4v) is 2.55. The molecule has 19 heavy (non-hydrogen) atoms. The molecule has 0 bridgehead atoms. The van der Waals surface area contributed by atoms with Crippen LogP contribution < -0.4 is 5.32 Å². The topological polar surface area (TPSA) is 49.3 Å². The van der Waals surface area contributed by atoms with E-state index in [2.05, 4.69) is 5.32 Å². The Labute approximate surface area is 111 Å². The SMILES string of the molecule is Cc1cc(C(O)c2ccccc2)cc2c1NC(=O)C2. The van der Waals surface area contributed by atoms with Gasteiger partial charge in [-0.05, 0) is 29.2 Å². The maximum Gasteiger partial charge on any atom is 0.228 e. The Morgan fingerprint density at radius 1 is 1.16 bits per heavy atom. The van der Waals surface area contributed by atoms with Crippen LogP contribution in [0.5, 0.6) is 0 Å². The third-order valence-corrected chi connectivity index (χ3v) is 3.49. The molecule has 2 aromatic rings. The van der Waals surface area contributed by atoms with Crippen molar-refractivity contribution in [1.82, 2.24) is 0 Å². The van der Waals surface area contributed by atoms with Crippen molar-refractivity contribution in [3.05, 3.63) is 64.7 Å². The summed E-state index contributed by atoms with van der Waals surface area (Å²) in [5.74, 6) is 0.0180. The molecule has 0 saturated carbocycles. The standard InChI is InChI=1S/C16H15NO2/c1-10-7-13(8-12-9-14(18)17-15(10)12)16(19)11-5-3-2-4-6-11/h2-8,16,19H,9H2,1H3,(H,17,18). The smallest absolute Gasteiger partial charge is 0.228 e. The summed E-state index contributed by atoms with van der Waals surface area (Å²) in [7, 11) is 0. The highest BCUT2D eigenvalue weighted by Crippen LogP contribution is 2.32. The minimum absolute atomic E-state index is 0.0180. The summed E-state index contributed by atoms with van der Waals surface area (Å²) in [4.78, 5) is 11.4. The van der Waals surface area contributed by atoms with Crippen LogP contribution in [0.1, 0.15) is 28.4 Å². The number of amides is 1. The van der Waals surface area contributed by atoms with Gasteiger partial charge in [-0.3, -0.25) is 4.79 Å². The van der Waals surface area contributed by atoms with Crippen molar-refractivity contribution in [3.63, 3.8) is 0 Å². The Morgan fingerprint density at radius 3 is 2.63 bits per heavy atom. The van der Waals surface area contributed by atoms with Crippen LogP contribution in [0, 0.1) is 6.92 Å². The van der Waals surface area contributed by atoms with Crippen molar-refractivity contribution in [2.75, 3.05) is 5.32 Å². The van der Waals surface area contributed by atoms with Crippen LogP contribution >= 0.6 is 0 Å². The first kappa shape index (κ1) is 11.9. The zero-order valence-electron chi connectivity index (χ0n) is 10.7. The third-order valence-electron chi connectivity index (χ3n) is 3.49. The van der Waals surface area contributed by atoms with Crippen LogP contribution in [0.25, 0.3) is 0 Å². The first-order valence-electron chi connectivity index (χ1n) is 6.31. The number of hydrogen-bond donors (Lipinski definition) is 2. The Morgan fingerprint density at radius 2 is 1.89 bits per heavy atom. The summed E-state index contributed by atoms with van der Waals surface area (Å²) in [6.45, 7) is 1.95. The van der Waals surface area contributed by atoms with Crippen molar-refractivity contribution in [2.24, 2.45) is 0 Å². The lowest BCUT2D eigenvalue weighted by atomic mass is 9.96. The number of anilines is 1. The van der Waals surface area contributed by atoms with E-state index in [1.54, 1.807) is 0 Å². The van der Waals surface area contributed by atoms with E-state index in [1.807, 2.05) is 49.4 Å². The summed E-state index contributed by atoms with van der Waals surface area (Å²) in [6, 6.07) is 13.4. The summed E-state index contributed by atoms with van der Waals surface area (Å²) >= 11 is 0. The van der Waals surface area contributed by atoms with Gasteiger partial charge in [0.05, 0.1) is 6.42 Å². The molecule has 1 aliphatic rings. The predicted octanol–water partition coefficient (Wildman–Crippen LogP) is 2.57. The summed E-state index contributed by atoms with van der Waals surface area (Å²) < 4.78 is 0. The van der Waals surface area contributed by atoms with E-state index < -0.39 is 6.10 Å². The number of fused-ring (bicyclic) bond motifs is 1. The van der Waals surface area contributed by atoms with Crippen LogP contribution in [0.4, 0.5) is 5.69 Å². The molecule has 0 radical (unpaired) electrons. The van der Waals surface area contributed by atoms with Crippen molar-refractivity contribution in [1.29, 1.82) is 0 Å². The largest absolute Gasteiger partial charge is 0.384 e. The van der Waals surface area contributed by atoms with Gasteiger partial charge >= 0.3 is 0 Å². The normalized spacial score (nSPS) is 14.9. The molecule has 3 nitrogen and oxygen atoms in total. The molecule has 0 fully saturated rings. The number of carbonyl (C=O) groups excluding carboxylic acids is 1. The van der Waals surface area contributed by atoms with Gasteiger partial charge in [0.1, 0.15) is 6.10 Å². The number of aliphatic hydroxyl groups excluding tert-OH is 1. The molecule has 96 valence electrons. The minimum Gasteiger partial charge on any atom is -0.384 e. The highest BCUT2D eigenvalue weighted by Gasteiger charge is 2.22. The van der Waals surface area contributed by atoms with Gasteiger partial charge in [-0.1, -0.05) is 42.5 Å². The van der Waals surface area contributed by atoms with Gasteiger partial charge in [0, 0.05) is 5.69 Å². The highest BCUT2D eigenvalue weighted by atomic mass is 16.3. The summed E-state index contributed by atoms with van der Waals surface area (Å²) in [5, 5.41) is 13.3. The van der Waals surface area contributed by atoms with Gasteiger partial charge in [-0.15, -0.1) is 0 Å². The Kier molecular flexibility index (Phi) is 2.84. The first-order chi connectivity index (χ1) is 9.15. The van der Waals surface area contributed by atoms with Crippen LogP contribution in [-0.2, 0) is 11.2 Å². The lowest BCUT2D eigenvalue weighted by Crippen LogP contribution is -2.04. The Hall–Kier alpha value is -2.13. The van der Waals surface area contributed by atoms with Crippen molar-refractivity contribution < 1.29 is 9.90 Å². The second-order valence-corrected chi connectivity index (χ2v) is 4.91. The molecule has 2 aromatic carbocycles. The molecule has 1 unspecified atom stereocenters. The molecule has 1 aliphatic heterocycles. The molecule has 1 atom stereocenters. The van der Waals surface area contributed by atoms with Gasteiger partial charge in [0.15, 0.2) is 0 Å². The number of aryl methyl sites for hydroxylation is 1. The van der Waals surface area contributed by atoms with E-state index in [9.17, 15) is 9.90 Å². The van der Waals surface area contributed by atoms with Crippen molar-refractivity contribution in [2.45, 2.75) is 19.4 Å². The van der Waals surface area contributed by atoms with Crippen LogP contribution in [-0.4, -0.2) is 11.0 Å². The van der Waals surface area contributed by atoms with E-state index in [1.165, 1.54) is 0 Å². The first-order valence-corrected chi connectivity index (χ1v) is 6.31. The molecule has 3 rings (SSSR count). The predicted molar refractivity (Wildman–Crippen MR) is 74.0 cm³/mol. The van der Waals surface area contributed by atoms with Crippen molar-refractivity contribution in [3.8, 4) is 0 Å². The molecular weight excluding hydrogens is 238 g/mol. The highest BCUT2D eigenvalue weighted by molar-refractivity contribution is 6.00. The van der Waals surface area contributed by atoms with Gasteiger partial charge < -0.3 is 10.4 Å². The lowest BCUT2D eigenvalue weighted by Gasteiger charge is -2.14. The number of carbonyl (C=O) groups is 1. The maximum atomic E-state index is 11.4. The number of benzene rings is 2. The Bertz CT molecular complexity index is 635.